The average Bonchev–Trinajstić information content (AvgIpc) is 2.38. The van der Waals surface area contributed by atoms with Crippen LogP contribution in [0, 0.1) is 5.92 Å². The molecular weight excluding hydrogens is 316 g/mol. The lowest BCUT2D eigenvalue weighted by Crippen LogP contribution is -2.31. The van der Waals surface area contributed by atoms with E-state index in [1.54, 1.807) is 6.08 Å². The van der Waals surface area contributed by atoms with Crippen LogP contribution in [-0.2, 0) is 9.53 Å². The standard InChI is InChI=1S/C18H33ClO2S/c1-7-21-17(20)13-15(4)10-11-16(22-6)18(5,19)12-8-9-14(2)3/h13-14,16H,7-12H2,1-6H3/b15-13+. The number of esters is 1. The first-order valence-electron chi connectivity index (χ1n) is 8.28. The van der Waals surface area contributed by atoms with Gasteiger partial charge in [-0.15, -0.1) is 11.6 Å². The van der Waals surface area contributed by atoms with E-state index in [9.17, 15) is 4.79 Å². The largest absolute Gasteiger partial charge is 0.463 e. The van der Waals surface area contributed by atoms with Crippen LogP contribution in [0.1, 0.15) is 66.7 Å². The van der Waals surface area contributed by atoms with Crippen LogP contribution in [0.3, 0.4) is 0 Å². The van der Waals surface area contributed by atoms with Gasteiger partial charge in [0.25, 0.3) is 0 Å². The minimum atomic E-state index is -0.244. The third-order valence-corrected chi connectivity index (χ3v) is 5.76. The molecule has 0 aromatic heterocycles. The van der Waals surface area contributed by atoms with Crippen molar-refractivity contribution in [3.8, 4) is 0 Å². The highest BCUT2D eigenvalue weighted by atomic mass is 35.5. The highest BCUT2D eigenvalue weighted by molar-refractivity contribution is 7.99. The summed E-state index contributed by atoms with van der Waals surface area (Å²) in [5.74, 6) is 0.487. The SMILES string of the molecule is CCOC(=O)/C=C(\C)CCC(SC)C(C)(Cl)CCCC(C)C. The zero-order valence-corrected chi connectivity index (χ0v) is 16.6. The van der Waals surface area contributed by atoms with E-state index in [1.165, 1.54) is 12.8 Å². The molecule has 2 unspecified atom stereocenters. The predicted molar refractivity (Wildman–Crippen MR) is 99.9 cm³/mol. The number of carbonyl (C=O) groups is 1. The smallest absolute Gasteiger partial charge is 0.330 e. The van der Waals surface area contributed by atoms with Crippen LogP contribution in [0.2, 0.25) is 0 Å². The monoisotopic (exact) mass is 348 g/mol. The Hall–Kier alpha value is -0.150. The van der Waals surface area contributed by atoms with Gasteiger partial charge in [0.2, 0.25) is 0 Å². The Morgan fingerprint density at radius 2 is 2.00 bits per heavy atom. The van der Waals surface area contributed by atoms with Crippen LogP contribution >= 0.6 is 23.4 Å². The van der Waals surface area contributed by atoms with E-state index in [1.807, 2.05) is 25.6 Å². The summed E-state index contributed by atoms with van der Waals surface area (Å²) in [6.45, 7) is 10.9. The number of alkyl halides is 1. The van der Waals surface area contributed by atoms with Gasteiger partial charge in [0.05, 0.1) is 11.5 Å². The molecular formula is C18H33ClO2S. The van der Waals surface area contributed by atoms with Gasteiger partial charge in [0, 0.05) is 11.3 Å². The van der Waals surface area contributed by atoms with Crippen molar-refractivity contribution < 1.29 is 9.53 Å². The Kier molecular flexibility index (Phi) is 11.3. The quantitative estimate of drug-likeness (QED) is 0.267. The van der Waals surface area contributed by atoms with Crippen LogP contribution in [0.25, 0.3) is 0 Å². The molecule has 0 aromatic rings. The van der Waals surface area contributed by atoms with Crippen LogP contribution in [0.15, 0.2) is 11.6 Å². The van der Waals surface area contributed by atoms with Crippen molar-refractivity contribution in [1.29, 1.82) is 0 Å². The fourth-order valence-corrected chi connectivity index (χ4v) is 3.97. The van der Waals surface area contributed by atoms with Crippen LogP contribution in [0.4, 0.5) is 0 Å². The summed E-state index contributed by atoms with van der Waals surface area (Å²) in [6, 6.07) is 0. The lowest BCUT2D eigenvalue weighted by Gasteiger charge is -2.31. The van der Waals surface area contributed by atoms with E-state index in [-0.39, 0.29) is 10.8 Å². The predicted octanol–water partition coefficient (Wildman–Crippen LogP) is 5.83. The van der Waals surface area contributed by atoms with Crippen molar-refractivity contribution in [2.45, 2.75) is 76.8 Å². The minimum absolute atomic E-state index is 0.182. The second kappa shape index (κ2) is 11.4. The number of halogens is 1. The van der Waals surface area contributed by atoms with E-state index in [0.717, 1.165) is 30.8 Å². The number of thioether (sulfide) groups is 1. The Bertz CT molecular complexity index is 351. The number of ether oxygens (including phenoxy) is 1. The molecule has 0 aliphatic heterocycles. The van der Waals surface area contributed by atoms with Crippen LogP contribution in [-0.4, -0.2) is 29.0 Å². The molecule has 0 bridgehead atoms. The Labute approximate surface area is 146 Å². The number of rotatable bonds is 11. The fraction of sp³-hybridized carbons (Fsp3) is 0.833. The van der Waals surface area contributed by atoms with Gasteiger partial charge in [-0.25, -0.2) is 4.79 Å². The third kappa shape index (κ3) is 9.78. The van der Waals surface area contributed by atoms with E-state index in [0.29, 0.717) is 11.9 Å². The van der Waals surface area contributed by atoms with Crippen molar-refractivity contribution in [2.24, 2.45) is 5.92 Å². The molecule has 0 saturated carbocycles. The van der Waals surface area contributed by atoms with Gasteiger partial charge in [-0.1, -0.05) is 32.3 Å². The van der Waals surface area contributed by atoms with E-state index in [2.05, 4.69) is 27.0 Å². The maximum Gasteiger partial charge on any atom is 0.330 e. The van der Waals surface area contributed by atoms with Crippen LogP contribution in [0.5, 0.6) is 0 Å². The minimum Gasteiger partial charge on any atom is -0.463 e. The van der Waals surface area contributed by atoms with Gasteiger partial charge in [-0.3, -0.25) is 0 Å². The number of allylic oxidation sites excluding steroid dienone is 1. The number of hydrogen-bond donors (Lipinski definition) is 0. The molecule has 0 N–H and O–H groups in total. The Morgan fingerprint density at radius 1 is 1.36 bits per heavy atom. The highest BCUT2D eigenvalue weighted by Crippen LogP contribution is 2.36. The molecule has 22 heavy (non-hydrogen) atoms. The molecule has 0 radical (unpaired) electrons. The molecule has 0 fully saturated rings. The summed E-state index contributed by atoms with van der Waals surface area (Å²) in [5.41, 5.74) is 1.06. The molecule has 2 atom stereocenters. The van der Waals surface area contributed by atoms with Gasteiger partial charge in [-0.05, 0) is 52.2 Å². The molecule has 4 heteroatoms. The summed E-state index contributed by atoms with van der Waals surface area (Å²) < 4.78 is 4.94. The van der Waals surface area contributed by atoms with E-state index in [4.69, 9.17) is 16.3 Å². The first-order chi connectivity index (χ1) is 10.2. The topological polar surface area (TPSA) is 26.3 Å². The first-order valence-corrected chi connectivity index (χ1v) is 9.95. The number of hydrogen-bond acceptors (Lipinski definition) is 3. The zero-order chi connectivity index (χ0) is 17.2. The lowest BCUT2D eigenvalue weighted by atomic mass is 9.93. The molecule has 0 aliphatic rings. The number of carbonyl (C=O) groups excluding carboxylic acids is 1. The zero-order valence-electron chi connectivity index (χ0n) is 15.1. The average molecular weight is 349 g/mol. The van der Waals surface area contributed by atoms with Crippen molar-refractivity contribution in [2.75, 3.05) is 12.9 Å². The van der Waals surface area contributed by atoms with Gasteiger partial charge in [0.1, 0.15) is 0 Å². The van der Waals surface area contributed by atoms with Gasteiger partial charge >= 0.3 is 5.97 Å². The van der Waals surface area contributed by atoms with Gasteiger partial charge in [0.15, 0.2) is 0 Å². The van der Waals surface area contributed by atoms with Crippen molar-refractivity contribution in [3.63, 3.8) is 0 Å². The molecule has 0 heterocycles. The molecule has 130 valence electrons. The summed E-state index contributed by atoms with van der Waals surface area (Å²) in [5, 5.41) is 0.395. The summed E-state index contributed by atoms with van der Waals surface area (Å²) in [7, 11) is 0. The van der Waals surface area contributed by atoms with Gasteiger partial charge < -0.3 is 4.74 Å². The molecule has 0 amide bonds. The fourth-order valence-electron chi connectivity index (χ4n) is 2.50. The summed E-state index contributed by atoms with van der Waals surface area (Å²) in [4.78, 5) is 11.3. The van der Waals surface area contributed by atoms with Gasteiger partial charge in [-0.2, -0.15) is 11.8 Å². The van der Waals surface area contributed by atoms with E-state index < -0.39 is 0 Å². The Morgan fingerprint density at radius 3 is 2.50 bits per heavy atom. The molecule has 0 aliphatic carbocycles. The van der Waals surface area contributed by atoms with Crippen molar-refractivity contribution in [1.82, 2.24) is 0 Å². The first kappa shape index (κ1) is 21.9. The van der Waals surface area contributed by atoms with Crippen LogP contribution < -0.4 is 0 Å². The molecule has 0 rings (SSSR count). The summed E-state index contributed by atoms with van der Waals surface area (Å²) >= 11 is 8.62. The maximum absolute atomic E-state index is 11.4. The molecule has 0 spiro atoms. The molecule has 0 aromatic carbocycles. The Balaban J connectivity index is 4.42. The molecule has 2 nitrogen and oxygen atoms in total. The lowest BCUT2D eigenvalue weighted by molar-refractivity contribution is -0.137. The summed E-state index contributed by atoms with van der Waals surface area (Å²) in [6.07, 6.45) is 9.04. The second-order valence-electron chi connectivity index (χ2n) is 6.57. The second-order valence-corrected chi connectivity index (χ2v) is 8.47. The normalized spacial score (nSPS) is 16.5. The maximum atomic E-state index is 11.4. The molecule has 0 saturated heterocycles. The van der Waals surface area contributed by atoms with E-state index >= 15 is 0 Å². The third-order valence-electron chi connectivity index (χ3n) is 3.85. The van der Waals surface area contributed by atoms with Crippen molar-refractivity contribution >= 4 is 29.3 Å². The highest BCUT2D eigenvalue weighted by Gasteiger charge is 2.30. The van der Waals surface area contributed by atoms with Crippen molar-refractivity contribution in [3.05, 3.63) is 11.6 Å².